The molecule has 0 aliphatic carbocycles. The number of alkyl halides is 1. The Morgan fingerprint density at radius 3 is 0.607 bits per heavy atom. The van der Waals surface area contributed by atoms with Crippen LogP contribution < -0.4 is 0 Å². The molecule has 0 atom stereocenters. The van der Waals surface area contributed by atoms with E-state index >= 15 is 0 Å². The van der Waals surface area contributed by atoms with Gasteiger partial charge in [-0.2, -0.15) is 0 Å². The summed E-state index contributed by atoms with van der Waals surface area (Å²) >= 11 is 5.38. The van der Waals surface area contributed by atoms with E-state index in [2.05, 4.69) is 20.8 Å². The molecule has 0 amide bonds. The van der Waals surface area contributed by atoms with Crippen molar-refractivity contribution in [1.82, 2.24) is 0 Å². The van der Waals surface area contributed by atoms with Gasteiger partial charge in [0.25, 0.3) is 0 Å². The van der Waals surface area contributed by atoms with Crippen molar-refractivity contribution in [3.8, 4) is 0 Å². The van der Waals surface area contributed by atoms with Crippen LogP contribution in [0.4, 0.5) is 0 Å². The molecule has 1 heteroatoms. The van der Waals surface area contributed by atoms with Crippen LogP contribution in [0.1, 0.15) is 168 Å². The zero-order valence-corrected chi connectivity index (χ0v) is 21.1. The van der Waals surface area contributed by atoms with Crippen molar-refractivity contribution in [3.63, 3.8) is 0 Å². The van der Waals surface area contributed by atoms with E-state index in [0.29, 0.717) is 0 Å². The third-order valence-electron chi connectivity index (χ3n) is 5.69. The van der Waals surface area contributed by atoms with Crippen LogP contribution in [0.25, 0.3) is 0 Å². The molecule has 0 N–H and O–H groups in total. The third-order valence-corrected chi connectivity index (χ3v) is 5.96. The topological polar surface area (TPSA) is 0 Å². The molecular weight excluding hydrogens is 360 g/mol. The summed E-state index contributed by atoms with van der Waals surface area (Å²) in [5, 5.41) is 0. The maximum absolute atomic E-state index is 5.38. The van der Waals surface area contributed by atoms with Gasteiger partial charge in [-0.15, -0.1) is 11.6 Å². The van der Waals surface area contributed by atoms with Gasteiger partial charge in [-0.25, -0.2) is 0 Å². The van der Waals surface area contributed by atoms with E-state index < -0.39 is 0 Å². The highest BCUT2D eigenvalue weighted by atomic mass is 35.5. The lowest BCUT2D eigenvalue weighted by Gasteiger charge is -2.03. The molecule has 0 heterocycles. The lowest BCUT2D eigenvalue weighted by Crippen LogP contribution is -1.84. The summed E-state index contributed by atoms with van der Waals surface area (Å²) in [6, 6.07) is 0. The summed E-state index contributed by atoms with van der Waals surface area (Å²) in [6.07, 6.45) is 33.1. The molecule has 0 aliphatic rings. The zero-order valence-electron chi connectivity index (χ0n) is 20.3. The monoisotopic (exact) mass is 416 g/mol. The Morgan fingerprint density at radius 2 is 0.464 bits per heavy atom. The predicted molar refractivity (Wildman–Crippen MR) is 134 cm³/mol. The van der Waals surface area contributed by atoms with Gasteiger partial charge in [0.1, 0.15) is 0 Å². The largest absolute Gasteiger partial charge is 0.127 e. The van der Waals surface area contributed by atoms with Gasteiger partial charge in [0.05, 0.1) is 0 Å². The van der Waals surface area contributed by atoms with Gasteiger partial charge >= 0.3 is 0 Å². The maximum Gasteiger partial charge on any atom is 0.0223 e. The summed E-state index contributed by atoms with van der Waals surface area (Å²) < 4.78 is 0. The SMILES string of the molecule is CCCCCCCCCCCCCCCCCCCCCC.CCCCCCl. The van der Waals surface area contributed by atoms with Crippen LogP contribution in [-0.2, 0) is 0 Å². The fourth-order valence-electron chi connectivity index (χ4n) is 3.67. The molecule has 0 aromatic rings. The molecule has 0 saturated heterocycles. The molecule has 28 heavy (non-hydrogen) atoms. The van der Waals surface area contributed by atoms with E-state index in [0.717, 1.165) is 5.88 Å². The van der Waals surface area contributed by atoms with Gasteiger partial charge in [-0.05, 0) is 6.42 Å². The highest BCUT2D eigenvalue weighted by molar-refractivity contribution is 6.17. The van der Waals surface area contributed by atoms with Gasteiger partial charge in [0.2, 0.25) is 0 Å². The van der Waals surface area contributed by atoms with Gasteiger partial charge in [0, 0.05) is 5.88 Å². The number of halogens is 1. The summed E-state index contributed by atoms with van der Waals surface area (Å²) in [5.41, 5.74) is 0. The normalized spacial score (nSPS) is 10.7. The molecule has 0 aromatic heterocycles. The van der Waals surface area contributed by atoms with Crippen molar-refractivity contribution in [2.24, 2.45) is 0 Å². The van der Waals surface area contributed by atoms with Crippen LogP contribution in [0.15, 0.2) is 0 Å². The first kappa shape index (κ1) is 30.5. The fraction of sp³-hybridized carbons (Fsp3) is 1.00. The Kier molecular flexibility index (Phi) is 34.8. The van der Waals surface area contributed by atoms with Crippen LogP contribution in [0.5, 0.6) is 0 Å². The minimum absolute atomic E-state index is 0.827. The highest BCUT2D eigenvalue weighted by Gasteiger charge is 1.94. The number of hydrogen-bond donors (Lipinski definition) is 0. The lowest BCUT2D eigenvalue weighted by molar-refractivity contribution is 0.523. The Labute approximate surface area is 186 Å². The maximum atomic E-state index is 5.38. The second kappa shape index (κ2) is 32.0. The molecule has 0 saturated carbocycles. The van der Waals surface area contributed by atoms with E-state index in [1.807, 2.05) is 0 Å². The second-order valence-corrected chi connectivity index (χ2v) is 9.14. The average molecular weight is 417 g/mol. The Morgan fingerprint density at radius 1 is 0.286 bits per heavy atom. The van der Waals surface area contributed by atoms with E-state index in [-0.39, 0.29) is 0 Å². The standard InChI is InChI=1S/C22H46.C5H11Cl/c1-3-5-7-9-11-13-15-17-19-21-22-20-18-16-14-12-10-8-6-4-2;1-2-3-4-5-6/h3-22H2,1-2H3;2-5H2,1H3. The molecule has 0 bridgehead atoms. The predicted octanol–water partition coefficient (Wildman–Crippen LogP) is 11.2. The molecule has 0 rings (SSSR count). The summed E-state index contributed by atoms with van der Waals surface area (Å²) in [4.78, 5) is 0. The summed E-state index contributed by atoms with van der Waals surface area (Å²) in [7, 11) is 0. The molecule has 0 nitrogen and oxygen atoms in total. The Balaban J connectivity index is 0. The van der Waals surface area contributed by atoms with Gasteiger partial charge in [0.15, 0.2) is 0 Å². The van der Waals surface area contributed by atoms with Crippen LogP contribution in [0.2, 0.25) is 0 Å². The van der Waals surface area contributed by atoms with E-state index in [4.69, 9.17) is 11.6 Å². The quantitative estimate of drug-likeness (QED) is 0.121. The van der Waals surface area contributed by atoms with Gasteiger partial charge in [-0.1, -0.05) is 162 Å². The van der Waals surface area contributed by atoms with Crippen molar-refractivity contribution in [2.75, 3.05) is 5.88 Å². The number of hydrogen-bond acceptors (Lipinski definition) is 0. The van der Waals surface area contributed by atoms with Crippen molar-refractivity contribution >= 4 is 11.6 Å². The lowest BCUT2D eigenvalue weighted by atomic mass is 10.0. The first-order valence-corrected chi connectivity index (χ1v) is 13.9. The van der Waals surface area contributed by atoms with Crippen LogP contribution in [-0.4, -0.2) is 5.88 Å². The van der Waals surface area contributed by atoms with Crippen molar-refractivity contribution in [1.29, 1.82) is 0 Å². The smallest absolute Gasteiger partial charge is 0.0223 e. The fourth-order valence-corrected chi connectivity index (χ4v) is 3.86. The van der Waals surface area contributed by atoms with Gasteiger partial charge in [-0.3, -0.25) is 0 Å². The minimum atomic E-state index is 0.827. The van der Waals surface area contributed by atoms with Crippen LogP contribution in [0, 0.1) is 0 Å². The molecule has 0 unspecified atom stereocenters. The average Bonchev–Trinajstić information content (AvgIpc) is 2.72. The first-order chi connectivity index (χ1) is 13.8. The third kappa shape index (κ3) is 33.8. The molecule has 0 spiro atoms. The number of unbranched alkanes of at least 4 members (excludes halogenated alkanes) is 21. The molecule has 0 radical (unpaired) electrons. The van der Waals surface area contributed by atoms with Crippen LogP contribution in [0.3, 0.4) is 0 Å². The van der Waals surface area contributed by atoms with E-state index in [1.165, 1.54) is 148 Å². The van der Waals surface area contributed by atoms with Crippen molar-refractivity contribution in [3.05, 3.63) is 0 Å². The Hall–Kier alpha value is 0.290. The van der Waals surface area contributed by atoms with E-state index in [9.17, 15) is 0 Å². The highest BCUT2D eigenvalue weighted by Crippen LogP contribution is 2.14. The second-order valence-electron chi connectivity index (χ2n) is 8.76. The number of rotatable bonds is 22. The van der Waals surface area contributed by atoms with Crippen molar-refractivity contribution in [2.45, 2.75) is 168 Å². The molecule has 0 aromatic carbocycles. The molecule has 0 fully saturated rings. The van der Waals surface area contributed by atoms with Gasteiger partial charge < -0.3 is 0 Å². The van der Waals surface area contributed by atoms with E-state index in [1.54, 1.807) is 0 Å². The van der Waals surface area contributed by atoms with Crippen LogP contribution >= 0.6 is 11.6 Å². The first-order valence-electron chi connectivity index (χ1n) is 13.4. The molecule has 172 valence electrons. The zero-order chi connectivity index (χ0) is 21.0. The minimum Gasteiger partial charge on any atom is -0.127 e. The summed E-state index contributed by atoms with van der Waals surface area (Å²) in [5.74, 6) is 0.827. The van der Waals surface area contributed by atoms with Crippen molar-refractivity contribution < 1.29 is 0 Å². The molecule has 0 aliphatic heterocycles. The Bertz CT molecular complexity index is 202. The molecular formula is C27H57Cl. The summed E-state index contributed by atoms with van der Waals surface area (Å²) in [6.45, 7) is 6.77.